The summed E-state index contributed by atoms with van der Waals surface area (Å²) < 4.78 is 10.9. The summed E-state index contributed by atoms with van der Waals surface area (Å²) in [7, 11) is 0. The third-order valence-electron chi connectivity index (χ3n) is 4.38. The predicted octanol–water partition coefficient (Wildman–Crippen LogP) is 2.67. The molecule has 1 saturated carbocycles. The number of amides is 2. The molecule has 1 fully saturated rings. The van der Waals surface area contributed by atoms with E-state index in [4.69, 9.17) is 21.1 Å². The highest BCUT2D eigenvalue weighted by Gasteiger charge is 2.48. The zero-order chi connectivity index (χ0) is 19.2. The fraction of sp³-hybridized carbons (Fsp3) is 0.474. The molecule has 0 aliphatic heterocycles. The number of nitrogens with one attached hydrogen (secondary N) is 2. The fourth-order valence-corrected chi connectivity index (χ4v) is 2.49. The summed E-state index contributed by atoms with van der Waals surface area (Å²) >= 11 is 5.78. The SMILES string of the molecule is C=C(CCNC(=O)COc1ccc(Cl)cc1)NC(=O)COC1(C)CC1C. The Labute approximate surface area is 158 Å². The summed E-state index contributed by atoms with van der Waals surface area (Å²) in [4.78, 5) is 23.5. The van der Waals surface area contributed by atoms with Crippen molar-refractivity contribution in [1.82, 2.24) is 10.6 Å². The van der Waals surface area contributed by atoms with Crippen LogP contribution in [0.1, 0.15) is 26.7 Å². The smallest absolute Gasteiger partial charge is 0.257 e. The molecule has 0 radical (unpaired) electrons. The van der Waals surface area contributed by atoms with Crippen molar-refractivity contribution in [3.05, 3.63) is 41.6 Å². The highest BCUT2D eigenvalue weighted by atomic mass is 35.5. The third kappa shape index (κ3) is 6.69. The number of hydrogen-bond donors (Lipinski definition) is 2. The molecule has 142 valence electrons. The van der Waals surface area contributed by atoms with Gasteiger partial charge in [-0.05, 0) is 43.5 Å². The molecule has 2 atom stereocenters. The Morgan fingerprint density at radius 1 is 1.27 bits per heavy atom. The molecule has 0 bridgehead atoms. The van der Waals surface area contributed by atoms with Gasteiger partial charge in [-0.3, -0.25) is 9.59 Å². The van der Waals surface area contributed by atoms with Crippen molar-refractivity contribution in [3.63, 3.8) is 0 Å². The fourth-order valence-electron chi connectivity index (χ4n) is 2.36. The highest BCUT2D eigenvalue weighted by molar-refractivity contribution is 6.30. The molecule has 0 spiro atoms. The van der Waals surface area contributed by atoms with Crippen molar-refractivity contribution in [2.24, 2.45) is 5.92 Å². The molecular formula is C19H25ClN2O4. The molecule has 1 aromatic carbocycles. The van der Waals surface area contributed by atoms with E-state index in [0.717, 1.165) is 6.42 Å². The van der Waals surface area contributed by atoms with E-state index in [0.29, 0.717) is 35.4 Å². The standard InChI is InChI=1S/C19H25ClN2O4/c1-13-10-19(13,3)26-12-18(24)22-14(2)8-9-21-17(23)11-25-16-6-4-15(20)5-7-16/h4-7,13H,2,8-12H2,1,3H3,(H,21,23)(H,22,24). The summed E-state index contributed by atoms with van der Waals surface area (Å²) in [5, 5.41) is 5.99. The average Bonchev–Trinajstić information content (AvgIpc) is 3.19. The van der Waals surface area contributed by atoms with E-state index >= 15 is 0 Å². The predicted molar refractivity (Wildman–Crippen MR) is 100.0 cm³/mol. The van der Waals surface area contributed by atoms with Crippen LogP contribution in [0.5, 0.6) is 5.75 Å². The van der Waals surface area contributed by atoms with Crippen molar-refractivity contribution in [3.8, 4) is 5.75 Å². The Balaban J connectivity index is 1.55. The minimum atomic E-state index is -0.252. The molecule has 26 heavy (non-hydrogen) atoms. The first-order valence-corrected chi connectivity index (χ1v) is 8.93. The number of ether oxygens (including phenoxy) is 2. The lowest BCUT2D eigenvalue weighted by Gasteiger charge is -2.13. The van der Waals surface area contributed by atoms with Crippen LogP contribution in [0.3, 0.4) is 0 Å². The van der Waals surface area contributed by atoms with Gasteiger partial charge in [0, 0.05) is 23.7 Å². The van der Waals surface area contributed by atoms with E-state index in [1.165, 1.54) is 0 Å². The first-order valence-electron chi connectivity index (χ1n) is 8.55. The number of hydrogen-bond acceptors (Lipinski definition) is 4. The molecular weight excluding hydrogens is 356 g/mol. The monoisotopic (exact) mass is 380 g/mol. The second-order valence-electron chi connectivity index (χ2n) is 6.70. The van der Waals surface area contributed by atoms with Crippen LogP contribution < -0.4 is 15.4 Å². The van der Waals surface area contributed by atoms with Crippen molar-refractivity contribution in [2.45, 2.75) is 32.3 Å². The second kappa shape index (κ2) is 9.05. The molecule has 0 heterocycles. The van der Waals surface area contributed by atoms with Gasteiger partial charge in [0.05, 0.1) is 5.60 Å². The van der Waals surface area contributed by atoms with Gasteiger partial charge in [0.25, 0.3) is 5.91 Å². The van der Waals surface area contributed by atoms with Crippen LogP contribution in [0, 0.1) is 5.92 Å². The topological polar surface area (TPSA) is 76.7 Å². The van der Waals surface area contributed by atoms with E-state index in [1.807, 2.05) is 6.92 Å². The van der Waals surface area contributed by atoms with Crippen molar-refractivity contribution >= 4 is 23.4 Å². The number of halogens is 1. The van der Waals surface area contributed by atoms with E-state index < -0.39 is 0 Å². The van der Waals surface area contributed by atoms with Crippen LogP contribution in [-0.2, 0) is 14.3 Å². The number of carbonyl (C=O) groups excluding carboxylic acids is 2. The van der Waals surface area contributed by atoms with Gasteiger partial charge in [-0.1, -0.05) is 25.1 Å². The average molecular weight is 381 g/mol. The maximum atomic E-state index is 11.8. The van der Waals surface area contributed by atoms with Crippen LogP contribution >= 0.6 is 11.6 Å². The summed E-state index contributed by atoms with van der Waals surface area (Å²) in [5.74, 6) is 0.578. The summed E-state index contributed by atoms with van der Waals surface area (Å²) in [5.41, 5.74) is 0.364. The summed E-state index contributed by atoms with van der Waals surface area (Å²) in [6.07, 6.45) is 1.41. The lowest BCUT2D eigenvalue weighted by atomic mass is 10.3. The Hall–Kier alpha value is -2.05. The van der Waals surface area contributed by atoms with Crippen LogP contribution in [-0.4, -0.2) is 37.2 Å². The number of carbonyl (C=O) groups is 2. The quantitative estimate of drug-likeness (QED) is 0.654. The van der Waals surface area contributed by atoms with Crippen molar-refractivity contribution < 1.29 is 19.1 Å². The molecule has 2 unspecified atom stereocenters. The molecule has 1 aliphatic rings. The van der Waals surface area contributed by atoms with Crippen LogP contribution in [0.15, 0.2) is 36.5 Å². The van der Waals surface area contributed by atoms with Gasteiger partial charge in [-0.25, -0.2) is 0 Å². The van der Waals surface area contributed by atoms with E-state index in [-0.39, 0.29) is 30.6 Å². The molecule has 0 saturated heterocycles. The molecule has 2 N–H and O–H groups in total. The first-order chi connectivity index (χ1) is 12.3. The van der Waals surface area contributed by atoms with Gasteiger partial charge in [0.15, 0.2) is 6.61 Å². The summed E-state index contributed by atoms with van der Waals surface area (Å²) in [6, 6.07) is 6.76. The number of rotatable bonds is 10. The van der Waals surface area contributed by atoms with Gasteiger partial charge in [-0.15, -0.1) is 0 Å². The largest absolute Gasteiger partial charge is 0.484 e. The minimum absolute atomic E-state index is 0.0150. The zero-order valence-corrected chi connectivity index (χ0v) is 15.9. The molecule has 1 aromatic rings. The van der Waals surface area contributed by atoms with E-state index in [9.17, 15) is 9.59 Å². The molecule has 1 aliphatic carbocycles. The Morgan fingerprint density at radius 3 is 2.54 bits per heavy atom. The van der Waals surface area contributed by atoms with Crippen LogP contribution in [0.25, 0.3) is 0 Å². The van der Waals surface area contributed by atoms with Gasteiger partial charge in [0.1, 0.15) is 12.4 Å². The highest BCUT2D eigenvalue weighted by Crippen LogP contribution is 2.45. The Kier molecular flexibility index (Phi) is 7.06. The van der Waals surface area contributed by atoms with Gasteiger partial charge < -0.3 is 20.1 Å². The maximum absolute atomic E-state index is 11.8. The zero-order valence-electron chi connectivity index (χ0n) is 15.1. The van der Waals surface area contributed by atoms with Gasteiger partial charge >= 0.3 is 0 Å². The van der Waals surface area contributed by atoms with Gasteiger partial charge in [-0.2, -0.15) is 0 Å². The number of benzene rings is 1. The Bertz CT molecular complexity index is 662. The minimum Gasteiger partial charge on any atom is -0.484 e. The van der Waals surface area contributed by atoms with Crippen LogP contribution in [0.4, 0.5) is 0 Å². The third-order valence-corrected chi connectivity index (χ3v) is 4.63. The van der Waals surface area contributed by atoms with Crippen LogP contribution in [0.2, 0.25) is 5.02 Å². The summed E-state index contributed by atoms with van der Waals surface area (Å²) in [6.45, 7) is 8.16. The molecule has 2 rings (SSSR count). The molecule has 0 aromatic heterocycles. The van der Waals surface area contributed by atoms with Crippen molar-refractivity contribution in [2.75, 3.05) is 19.8 Å². The lowest BCUT2D eigenvalue weighted by molar-refractivity contribution is -0.127. The second-order valence-corrected chi connectivity index (χ2v) is 7.14. The maximum Gasteiger partial charge on any atom is 0.257 e. The van der Waals surface area contributed by atoms with Gasteiger partial charge in [0.2, 0.25) is 5.91 Å². The normalized spacial score (nSPS) is 21.0. The molecule has 6 nitrogen and oxygen atoms in total. The van der Waals surface area contributed by atoms with Crippen molar-refractivity contribution in [1.29, 1.82) is 0 Å². The molecule has 7 heteroatoms. The lowest BCUT2D eigenvalue weighted by Crippen LogP contribution is -2.33. The Morgan fingerprint density at radius 2 is 1.92 bits per heavy atom. The molecule has 2 amide bonds. The first kappa shape index (κ1) is 20.3. The van der Waals surface area contributed by atoms with E-state index in [2.05, 4.69) is 24.1 Å². The van der Waals surface area contributed by atoms with E-state index in [1.54, 1.807) is 24.3 Å².